The molecule has 6 nitrogen and oxygen atoms in total. The summed E-state index contributed by atoms with van der Waals surface area (Å²) < 4.78 is 4.84. The number of ether oxygens (including phenoxy) is 1. The fraction of sp³-hybridized carbons (Fsp3) is 0.318. The fourth-order valence-electron chi connectivity index (χ4n) is 2.84. The lowest BCUT2D eigenvalue weighted by Crippen LogP contribution is -2.46. The molecule has 2 unspecified atom stereocenters. The van der Waals surface area contributed by atoms with Gasteiger partial charge in [-0.05, 0) is 29.7 Å². The van der Waals surface area contributed by atoms with Crippen molar-refractivity contribution in [2.75, 3.05) is 12.9 Å². The molecule has 2 rings (SSSR count). The Morgan fingerprint density at radius 2 is 1.62 bits per heavy atom. The van der Waals surface area contributed by atoms with E-state index in [0.717, 1.165) is 22.9 Å². The van der Waals surface area contributed by atoms with Crippen LogP contribution in [0, 0.1) is 5.92 Å². The van der Waals surface area contributed by atoms with Crippen LogP contribution in [0.4, 0.5) is 0 Å². The van der Waals surface area contributed by atoms with Crippen molar-refractivity contribution in [2.24, 2.45) is 5.92 Å². The molecular weight excluding hydrogens is 390 g/mol. The molecule has 2 aromatic rings. The van der Waals surface area contributed by atoms with Gasteiger partial charge in [-0.15, -0.1) is 0 Å². The van der Waals surface area contributed by atoms with Gasteiger partial charge < -0.3 is 15.2 Å². The number of phenolic OH excluding ortho intramolecular Hbond substituents is 1. The molecule has 0 aromatic heterocycles. The fourth-order valence-corrected chi connectivity index (χ4v) is 3.54. The van der Waals surface area contributed by atoms with Gasteiger partial charge >= 0.3 is 5.97 Å². The minimum Gasteiger partial charge on any atom is -0.508 e. The Labute approximate surface area is 174 Å². The van der Waals surface area contributed by atoms with E-state index in [1.54, 1.807) is 12.1 Å². The number of aromatic hydroxyl groups is 1. The quantitative estimate of drug-likeness (QED) is 0.612. The molecule has 7 heteroatoms. The minimum atomic E-state index is -0.863. The van der Waals surface area contributed by atoms with Gasteiger partial charge in [0.25, 0.3) is 0 Å². The number of carbonyl (C=O) groups is 3. The normalized spacial score (nSPS) is 12.6. The first kappa shape index (κ1) is 22.5. The van der Waals surface area contributed by atoms with Gasteiger partial charge in [0.2, 0.25) is 5.91 Å². The molecule has 2 atom stereocenters. The molecule has 0 heterocycles. The number of thioether (sulfide) groups is 1. The first-order valence-corrected chi connectivity index (χ1v) is 10.2. The molecule has 1 amide bonds. The van der Waals surface area contributed by atoms with Crippen molar-refractivity contribution in [3.05, 3.63) is 65.7 Å². The number of nitrogens with one attached hydrogen (secondary N) is 1. The molecule has 0 aliphatic rings. The second-order valence-electron chi connectivity index (χ2n) is 6.64. The van der Waals surface area contributed by atoms with Gasteiger partial charge in [-0.3, -0.25) is 9.59 Å². The molecule has 0 radical (unpaired) electrons. The van der Waals surface area contributed by atoms with Crippen LogP contribution in [0.15, 0.2) is 54.6 Å². The summed E-state index contributed by atoms with van der Waals surface area (Å²) in [5.74, 6) is -0.890. The second-order valence-corrected chi connectivity index (χ2v) is 7.84. The third-order valence-electron chi connectivity index (χ3n) is 4.36. The van der Waals surface area contributed by atoms with Gasteiger partial charge in [0, 0.05) is 19.1 Å². The predicted molar refractivity (Wildman–Crippen MR) is 113 cm³/mol. The molecule has 0 fully saturated rings. The topological polar surface area (TPSA) is 92.7 Å². The SMILES string of the molecule is COC(=O)C(Cc1ccc(O)cc1)NC(=O)C(CSC(C)=O)Cc1ccccc1. The Morgan fingerprint density at radius 3 is 2.21 bits per heavy atom. The van der Waals surface area contributed by atoms with Gasteiger partial charge in [-0.2, -0.15) is 0 Å². The van der Waals surface area contributed by atoms with Gasteiger partial charge in [0.05, 0.1) is 13.0 Å². The van der Waals surface area contributed by atoms with Crippen LogP contribution in [-0.2, 0) is 32.0 Å². The molecule has 154 valence electrons. The number of benzene rings is 2. The number of phenols is 1. The van der Waals surface area contributed by atoms with Gasteiger partial charge in [0.1, 0.15) is 11.8 Å². The molecule has 0 aliphatic heterocycles. The number of methoxy groups -OCH3 is 1. The Balaban J connectivity index is 2.13. The summed E-state index contributed by atoms with van der Waals surface area (Å²) in [5.41, 5.74) is 1.75. The van der Waals surface area contributed by atoms with Crippen LogP contribution >= 0.6 is 11.8 Å². The van der Waals surface area contributed by atoms with Crippen LogP contribution in [0.3, 0.4) is 0 Å². The zero-order valence-corrected chi connectivity index (χ0v) is 17.3. The highest BCUT2D eigenvalue weighted by Gasteiger charge is 2.27. The lowest BCUT2D eigenvalue weighted by Gasteiger charge is -2.21. The maximum Gasteiger partial charge on any atom is 0.328 e. The number of hydrogen-bond acceptors (Lipinski definition) is 6. The lowest BCUT2D eigenvalue weighted by molar-refractivity contribution is -0.145. The molecule has 0 bridgehead atoms. The van der Waals surface area contributed by atoms with E-state index < -0.39 is 17.9 Å². The number of carbonyl (C=O) groups excluding carboxylic acids is 3. The van der Waals surface area contributed by atoms with Crippen molar-refractivity contribution < 1.29 is 24.2 Å². The predicted octanol–water partition coefficient (Wildman–Crippen LogP) is 2.73. The average Bonchev–Trinajstić information content (AvgIpc) is 2.72. The van der Waals surface area contributed by atoms with Crippen LogP contribution in [0.2, 0.25) is 0 Å². The Kier molecular flexibility index (Phi) is 8.73. The van der Waals surface area contributed by atoms with Gasteiger partial charge in [-0.1, -0.05) is 54.2 Å². The van der Waals surface area contributed by atoms with Crippen molar-refractivity contribution in [3.63, 3.8) is 0 Å². The molecule has 2 N–H and O–H groups in total. The maximum atomic E-state index is 13.0. The number of esters is 1. The van der Waals surface area contributed by atoms with E-state index >= 15 is 0 Å². The summed E-state index contributed by atoms with van der Waals surface area (Å²) in [6.45, 7) is 1.46. The average molecular weight is 416 g/mol. The van der Waals surface area contributed by atoms with E-state index in [1.165, 1.54) is 26.2 Å². The second kappa shape index (κ2) is 11.3. The largest absolute Gasteiger partial charge is 0.508 e. The Bertz CT molecular complexity index is 823. The van der Waals surface area contributed by atoms with Crippen LogP contribution in [0.1, 0.15) is 18.1 Å². The van der Waals surface area contributed by atoms with E-state index in [2.05, 4.69) is 5.32 Å². The molecule has 2 aromatic carbocycles. The summed E-state index contributed by atoms with van der Waals surface area (Å²) >= 11 is 1.09. The van der Waals surface area contributed by atoms with E-state index in [0.29, 0.717) is 12.2 Å². The summed E-state index contributed by atoms with van der Waals surface area (Å²) in [7, 11) is 1.27. The van der Waals surface area contributed by atoms with Crippen molar-refractivity contribution in [3.8, 4) is 5.75 Å². The lowest BCUT2D eigenvalue weighted by atomic mass is 9.99. The van der Waals surface area contributed by atoms with Crippen molar-refractivity contribution in [1.82, 2.24) is 5.32 Å². The first-order valence-electron chi connectivity index (χ1n) is 9.22. The van der Waals surface area contributed by atoms with Crippen LogP contribution in [0.5, 0.6) is 5.75 Å². The summed E-state index contributed by atoms with van der Waals surface area (Å²) in [4.78, 5) is 36.6. The van der Waals surface area contributed by atoms with E-state index in [1.807, 2.05) is 30.3 Å². The molecular formula is C22H25NO5S. The van der Waals surface area contributed by atoms with Crippen molar-refractivity contribution in [1.29, 1.82) is 0 Å². The molecule has 0 saturated heterocycles. The minimum absolute atomic E-state index is 0.0653. The highest BCUT2D eigenvalue weighted by Crippen LogP contribution is 2.17. The first-order chi connectivity index (χ1) is 13.9. The van der Waals surface area contributed by atoms with E-state index in [-0.39, 0.29) is 23.2 Å². The smallest absolute Gasteiger partial charge is 0.328 e. The van der Waals surface area contributed by atoms with E-state index in [4.69, 9.17) is 4.74 Å². The Hall–Kier alpha value is -2.80. The summed E-state index contributed by atoms with van der Waals surface area (Å²) in [6, 6.07) is 15.1. The van der Waals surface area contributed by atoms with Gasteiger partial charge in [0.15, 0.2) is 5.12 Å². The van der Waals surface area contributed by atoms with E-state index in [9.17, 15) is 19.5 Å². The molecule has 29 heavy (non-hydrogen) atoms. The third kappa shape index (κ3) is 7.62. The Morgan fingerprint density at radius 1 is 1.00 bits per heavy atom. The van der Waals surface area contributed by atoms with Crippen molar-refractivity contribution >= 4 is 28.8 Å². The zero-order valence-electron chi connectivity index (χ0n) is 16.5. The highest BCUT2D eigenvalue weighted by molar-refractivity contribution is 8.13. The monoisotopic (exact) mass is 415 g/mol. The van der Waals surface area contributed by atoms with Crippen LogP contribution in [0.25, 0.3) is 0 Å². The standard InChI is InChI=1S/C22H25NO5S/c1-15(24)29-14-18(12-16-6-4-3-5-7-16)21(26)23-20(22(27)28-2)13-17-8-10-19(25)11-9-17/h3-11,18,20,25H,12-14H2,1-2H3,(H,23,26). The summed E-state index contributed by atoms with van der Waals surface area (Å²) in [5, 5.41) is 12.1. The zero-order chi connectivity index (χ0) is 21.2. The molecule has 0 saturated carbocycles. The third-order valence-corrected chi connectivity index (χ3v) is 5.34. The highest BCUT2D eigenvalue weighted by atomic mass is 32.2. The molecule has 0 spiro atoms. The van der Waals surface area contributed by atoms with Crippen molar-refractivity contribution in [2.45, 2.75) is 25.8 Å². The molecule has 0 aliphatic carbocycles. The number of hydrogen-bond donors (Lipinski definition) is 2. The number of amides is 1. The maximum absolute atomic E-state index is 13.0. The van der Waals surface area contributed by atoms with Crippen LogP contribution in [-0.4, -0.2) is 41.0 Å². The van der Waals surface area contributed by atoms with Gasteiger partial charge in [-0.25, -0.2) is 4.79 Å². The van der Waals surface area contributed by atoms with Crippen LogP contribution < -0.4 is 5.32 Å². The number of rotatable bonds is 9. The summed E-state index contributed by atoms with van der Waals surface area (Å²) in [6.07, 6.45) is 0.691.